The lowest BCUT2D eigenvalue weighted by Crippen LogP contribution is -2.31. The Labute approximate surface area is 170 Å². The highest BCUT2D eigenvalue weighted by atomic mass is 79.9. The Morgan fingerprint density at radius 2 is 2.08 bits per heavy atom. The number of hydrogen-bond acceptors (Lipinski definition) is 3. The van der Waals surface area contributed by atoms with E-state index in [2.05, 4.69) is 31.8 Å². The molecule has 8 heteroatoms. The molecule has 0 aromatic heterocycles. The molecule has 2 rings (SSSR count). The molecule has 2 aromatic carbocycles. The number of rotatable bonds is 6. The van der Waals surface area contributed by atoms with Gasteiger partial charge in [-0.15, -0.1) is 0 Å². The summed E-state index contributed by atoms with van der Waals surface area (Å²) in [5.74, 6) is 0.675. The van der Waals surface area contributed by atoms with E-state index in [4.69, 9.17) is 40.2 Å². The first-order valence-electron chi connectivity index (χ1n) is 7.42. The molecule has 0 atom stereocenters. The summed E-state index contributed by atoms with van der Waals surface area (Å²) in [7, 11) is 0. The second-order valence-electron chi connectivity index (χ2n) is 4.94. The van der Waals surface area contributed by atoms with Crippen LogP contribution < -0.4 is 15.5 Å². The van der Waals surface area contributed by atoms with E-state index in [1.54, 1.807) is 18.3 Å². The van der Waals surface area contributed by atoms with Crippen LogP contribution in [0.5, 0.6) is 5.75 Å². The van der Waals surface area contributed by atoms with Gasteiger partial charge in [-0.05, 0) is 49.5 Å². The van der Waals surface area contributed by atoms with Crippen molar-refractivity contribution in [1.29, 1.82) is 0 Å². The van der Waals surface area contributed by atoms with Crippen LogP contribution in [0.3, 0.4) is 0 Å². The molecule has 0 aliphatic heterocycles. The van der Waals surface area contributed by atoms with Crippen molar-refractivity contribution < 1.29 is 4.74 Å². The third-order valence-electron chi connectivity index (χ3n) is 3.08. The fraction of sp³-hybridized carbons (Fsp3) is 0.176. The zero-order chi connectivity index (χ0) is 18.2. The maximum Gasteiger partial charge on any atom is 0.186 e. The Bertz CT molecular complexity index is 786. The van der Waals surface area contributed by atoms with Crippen LogP contribution in [0.2, 0.25) is 10.0 Å². The van der Waals surface area contributed by atoms with E-state index >= 15 is 0 Å². The van der Waals surface area contributed by atoms with Gasteiger partial charge in [0, 0.05) is 32.2 Å². The Hall–Kier alpha value is -1.34. The second-order valence-corrected chi connectivity index (χ2v) is 7.10. The van der Waals surface area contributed by atoms with Gasteiger partial charge in [-0.2, -0.15) is 5.10 Å². The van der Waals surface area contributed by atoms with Crippen molar-refractivity contribution in [2.45, 2.75) is 13.5 Å². The smallest absolute Gasteiger partial charge is 0.186 e. The van der Waals surface area contributed by atoms with Gasteiger partial charge in [-0.1, -0.05) is 45.2 Å². The largest absolute Gasteiger partial charge is 0.488 e. The Kier molecular flexibility index (Phi) is 7.96. The lowest BCUT2D eigenvalue weighted by atomic mass is 10.2. The van der Waals surface area contributed by atoms with E-state index in [9.17, 15) is 0 Å². The van der Waals surface area contributed by atoms with Crippen LogP contribution in [0, 0.1) is 0 Å². The Morgan fingerprint density at radius 1 is 1.28 bits per heavy atom. The minimum absolute atomic E-state index is 0.321. The molecule has 2 aromatic rings. The summed E-state index contributed by atoms with van der Waals surface area (Å²) >= 11 is 20.6. The highest BCUT2D eigenvalue weighted by molar-refractivity contribution is 9.10. The first-order chi connectivity index (χ1) is 12.0. The van der Waals surface area contributed by atoms with Gasteiger partial charge in [0.1, 0.15) is 12.4 Å². The number of ether oxygens (including phenoxy) is 1. The molecule has 0 saturated carbocycles. The van der Waals surface area contributed by atoms with E-state index in [1.165, 1.54) is 0 Å². The number of nitrogens with one attached hydrogen (secondary N) is 2. The third kappa shape index (κ3) is 6.47. The van der Waals surface area contributed by atoms with Crippen molar-refractivity contribution in [2.75, 3.05) is 6.54 Å². The zero-order valence-electron chi connectivity index (χ0n) is 13.4. The van der Waals surface area contributed by atoms with Gasteiger partial charge in [-0.3, -0.25) is 5.43 Å². The number of benzene rings is 2. The maximum absolute atomic E-state index is 6.18. The molecular weight excluding hydrogens is 445 g/mol. The topological polar surface area (TPSA) is 45.7 Å². The average molecular weight is 461 g/mol. The normalized spacial score (nSPS) is 10.7. The third-order valence-corrected chi connectivity index (χ3v) is 4.39. The minimum Gasteiger partial charge on any atom is -0.488 e. The summed E-state index contributed by atoms with van der Waals surface area (Å²) in [5.41, 5.74) is 4.40. The molecule has 0 aliphatic carbocycles. The van der Waals surface area contributed by atoms with E-state index in [0.29, 0.717) is 27.5 Å². The van der Waals surface area contributed by atoms with Crippen LogP contribution in [0.4, 0.5) is 0 Å². The molecule has 0 aliphatic rings. The lowest BCUT2D eigenvalue weighted by Gasteiger charge is -2.11. The molecule has 132 valence electrons. The first kappa shape index (κ1) is 20.0. The van der Waals surface area contributed by atoms with Gasteiger partial charge in [0.25, 0.3) is 0 Å². The number of thiocarbonyl (C=S) groups is 1. The molecule has 0 amide bonds. The van der Waals surface area contributed by atoms with Gasteiger partial charge >= 0.3 is 0 Å². The van der Waals surface area contributed by atoms with Gasteiger partial charge in [0.05, 0.1) is 6.21 Å². The first-order valence-corrected chi connectivity index (χ1v) is 9.38. The van der Waals surface area contributed by atoms with Crippen molar-refractivity contribution >= 4 is 62.7 Å². The van der Waals surface area contributed by atoms with Crippen LogP contribution in [-0.2, 0) is 6.61 Å². The summed E-state index contributed by atoms with van der Waals surface area (Å²) < 4.78 is 6.80. The van der Waals surface area contributed by atoms with Crippen LogP contribution in [0.25, 0.3) is 0 Å². The molecule has 0 spiro atoms. The molecule has 0 unspecified atom stereocenters. The summed E-state index contributed by atoms with van der Waals surface area (Å²) in [5, 5.41) is 8.70. The SMILES string of the molecule is CCNC(=S)N/N=C\c1cc(Br)ccc1OCc1ccc(Cl)cc1Cl. The van der Waals surface area contributed by atoms with Gasteiger partial charge in [0.2, 0.25) is 0 Å². The van der Waals surface area contributed by atoms with Crippen molar-refractivity contribution in [3.05, 3.63) is 62.0 Å². The van der Waals surface area contributed by atoms with Crippen LogP contribution in [0.15, 0.2) is 46.0 Å². The van der Waals surface area contributed by atoms with Crippen molar-refractivity contribution in [1.82, 2.24) is 10.7 Å². The zero-order valence-corrected chi connectivity index (χ0v) is 17.3. The summed E-state index contributed by atoms with van der Waals surface area (Å²) in [4.78, 5) is 0. The number of hydrogen-bond donors (Lipinski definition) is 2. The van der Waals surface area contributed by atoms with E-state index in [-0.39, 0.29) is 0 Å². The van der Waals surface area contributed by atoms with Gasteiger partial charge in [-0.25, -0.2) is 0 Å². The number of nitrogens with zero attached hydrogens (tertiary/aromatic N) is 1. The Morgan fingerprint density at radius 3 is 2.80 bits per heavy atom. The predicted molar refractivity (Wildman–Crippen MR) is 112 cm³/mol. The Balaban J connectivity index is 2.09. The predicted octanol–water partition coefficient (Wildman–Crippen LogP) is 5.15. The number of hydrazone groups is 1. The average Bonchev–Trinajstić information content (AvgIpc) is 2.56. The quantitative estimate of drug-likeness (QED) is 0.355. The monoisotopic (exact) mass is 459 g/mol. The molecule has 0 bridgehead atoms. The van der Waals surface area contributed by atoms with Crippen molar-refractivity contribution in [3.63, 3.8) is 0 Å². The highest BCUT2D eigenvalue weighted by Crippen LogP contribution is 2.25. The van der Waals surface area contributed by atoms with Gasteiger partial charge < -0.3 is 10.1 Å². The van der Waals surface area contributed by atoms with Gasteiger partial charge in [0.15, 0.2) is 5.11 Å². The van der Waals surface area contributed by atoms with Crippen molar-refractivity contribution in [2.24, 2.45) is 5.10 Å². The van der Waals surface area contributed by atoms with Crippen molar-refractivity contribution in [3.8, 4) is 5.75 Å². The fourth-order valence-electron chi connectivity index (χ4n) is 1.91. The molecular formula is C17H16BrCl2N3OS. The van der Waals surface area contributed by atoms with Crippen LogP contribution in [-0.4, -0.2) is 17.9 Å². The highest BCUT2D eigenvalue weighted by Gasteiger charge is 2.06. The minimum atomic E-state index is 0.321. The molecule has 0 heterocycles. The lowest BCUT2D eigenvalue weighted by molar-refractivity contribution is 0.306. The molecule has 0 saturated heterocycles. The summed E-state index contributed by atoms with van der Waals surface area (Å²) in [6, 6.07) is 11.0. The molecule has 0 radical (unpaired) electrons. The second kappa shape index (κ2) is 9.97. The molecule has 25 heavy (non-hydrogen) atoms. The molecule has 4 nitrogen and oxygen atoms in total. The maximum atomic E-state index is 6.18. The van der Waals surface area contributed by atoms with E-state index < -0.39 is 0 Å². The van der Waals surface area contributed by atoms with E-state index in [1.807, 2.05) is 31.2 Å². The fourth-order valence-corrected chi connectivity index (χ4v) is 2.95. The molecule has 0 fully saturated rings. The van der Waals surface area contributed by atoms with E-state index in [0.717, 1.165) is 22.1 Å². The molecule has 2 N–H and O–H groups in total. The summed E-state index contributed by atoms with van der Waals surface area (Å²) in [6.07, 6.45) is 1.65. The summed E-state index contributed by atoms with van der Waals surface area (Å²) in [6.45, 7) is 3.01. The van der Waals surface area contributed by atoms with Crippen LogP contribution in [0.1, 0.15) is 18.1 Å². The number of halogens is 3. The van der Waals surface area contributed by atoms with Crippen LogP contribution >= 0.6 is 51.3 Å². The standard InChI is InChI=1S/C17H16BrCl2N3OS/c1-2-21-17(25)23-22-9-12-7-13(18)4-6-16(12)24-10-11-3-5-14(19)8-15(11)20/h3-9H,2,10H2,1H3,(H2,21,23,25)/b22-9-.